The first kappa shape index (κ1) is 18.3. The van der Waals surface area contributed by atoms with Crippen LogP contribution in [0.4, 0.5) is 0 Å². The average molecular weight is 366 g/mol. The fraction of sp³-hybridized carbons (Fsp3) is 0.200. The molecule has 7 heteroatoms. The van der Waals surface area contributed by atoms with Crippen molar-refractivity contribution in [2.75, 3.05) is 13.7 Å². The second-order valence-corrected chi connectivity index (χ2v) is 5.86. The molecule has 0 bridgehead atoms. The molecule has 0 atom stereocenters. The zero-order valence-electron chi connectivity index (χ0n) is 14.8. The van der Waals surface area contributed by atoms with Crippen LogP contribution in [0.2, 0.25) is 0 Å². The number of rotatable bonds is 6. The Bertz CT molecular complexity index is 1010. The topological polar surface area (TPSA) is 89.7 Å². The largest absolute Gasteiger partial charge is 0.469 e. The van der Waals surface area contributed by atoms with Crippen LogP contribution in [0.3, 0.4) is 0 Å². The number of nitrogens with zero attached hydrogens (tertiary/aromatic N) is 2. The van der Waals surface area contributed by atoms with E-state index in [1.54, 1.807) is 48.7 Å². The lowest BCUT2D eigenvalue weighted by molar-refractivity contribution is -0.140. The lowest BCUT2D eigenvalue weighted by atomic mass is 10.1. The van der Waals surface area contributed by atoms with Gasteiger partial charge in [0.25, 0.3) is 5.91 Å². The van der Waals surface area contributed by atoms with Gasteiger partial charge < -0.3 is 14.1 Å². The van der Waals surface area contributed by atoms with Crippen molar-refractivity contribution in [3.8, 4) is 0 Å². The highest BCUT2D eigenvalue weighted by molar-refractivity contribution is 5.96. The summed E-state index contributed by atoms with van der Waals surface area (Å²) in [6.45, 7) is 0.247. The molecule has 0 N–H and O–H groups in total. The van der Waals surface area contributed by atoms with E-state index in [2.05, 4.69) is 9.72 Å². The van der Waals surface area contributed by atoms with E-state index in [-0.39, 0.29) is 25.1 Å². The van der Waals surface area contributed by atoms with Crippen LogP contribution in [0.5, 0.6) is 0 Å². The highest BCUT2D eigenvalue weighted by Gasteiger charge is 2.22. The van der Waals surface area contributed by atoms with E-state index >= 15 is 0 Å². The SMILES string of the molecule is COC(=O)CCN(Cc1ccccn1)C(=O)c1cc2ccccc2oc1=O. The van der Waals surface area contributed by atoms with Crippen molar-refractivity contribution in [2.45, 2.75) is 13.0 Å². The molecule has 0 aliphatic heterocycles. The number of para-hydroxylation sites is 1. The predicted octanol–water partition coefficient (Wildman–Crippen LogP) is 2.39. The van der Waals surface area contributed by atoms with Crippen molar-refractivity contribution < 1.29 is 18.7 Å². The molecule has 138 valence electrons. The number of methoxy groups -OCH3 is 1. The van der Waals surface area contributed by atoms with Crippen molar-refractivity contribution in [2.24, 2.45) is 0 Å². The number of benzene rings is 1. The molecule has 0 fully saturated rings. The van der Waals surface area contributed by atoms with Gasteiger partial charge in [0.15, 0.2) is 0 Å². The minimum atomic E-state index is -0.720. The van der Waals surface area contributed by atoms with Gasteiger partial charge in [-0.2, -0.15) is 0 Å². The zero-order valence-corrected chi connectivity index (χ0v) is 14.8. The molecule has 0 unspecified atom stereocenters. The van der Waals surface area contributed by atoms with E-state index in [0.717, 1.165) is 0 Å². The number of hydrogen-bond donors (Lipinski definition) is 0. The smallest absolute Gasteiger partial charge is 0.349 e. The monoisotopic (exact) mass is 366 g/mol. The summed E-state index contributed by atoms with van der Waals surface area (Å²) >= 11 is 0. The summed E-state index contributed by atoms with van der Waals surface area (Å²) < 4.78 is 9.90. The average Bonchev–Trinajstić information content (AvgIpc) is 2.70. The van der Waals surface area contributed by atoms with Crippen LogP contribution in [-0.2, 0) is 16.1 Å². The number of aromatic nitrogens is 1. The molecule has 0 radical (unpaired) electrons. The van der Waals surface area contributed by atoms with Gasteiger partial charge >= 0.3 is 11.6 Å². The minimum Gasteiger partial charge on any atom is -0.469 e. The number of ether oxygens (including phenoxy) is 1. The maximum atomic E-state index is 13.0. The first-order valence-corrected chi connectivity index (χ1v) is 8.37. The maximum Gasteiger partial charge on any atom is 0.349 e. The van der Waals surface area contributed by atoms with Gasteiger partial charge in [-0.25, -0.2) is 4.79 Å². The molecule has 3 aromatic rings. The van der Waals surface area contributed by atoms with Crippen LogP contribution in [0, 0.1) is 0 Å². The number of pyridine rings is 1. The van der Waals surface area contributed by atoms with Crippen molar-refractivity contribution in [3.63, 3.8) is 0 Å². The number of hydrogen-bond acceptors (Lipinski definition) is 6. The number of amides is 1. The van der Waals surface area contributed by atoms with E-state index in [9.17, 15) is 14.4 Å². The molecule has 0 saturated heterocycles. The number of fused-ring (bicyclic) bond motifs is 1. The van der Waals surface area contributed by atoms with Crippen LogP contribution in [0.25, 0.3) is 11.0 Å². The second-order valence-electron chi connectivity index (χ2n) is 5.86. The summed E-state index contributed by atoms with van der Waals surface area (Å²) in [5, 5.41) is 0.645. The molecule has 1 amide bonds. The summed E-state index contributed by atoms with van der Waals surface area (Å²) in [6, 6.07) is 13.8. The van der Waals surface area contributed by atoms with Gasteiger partial charge in [-0.1, -0.05) is 24.3 Å². The van der Waals surface area contributed by atoms with Crippen LogP contribution in [0.1, 0.15) is 22.5 Å². The van der Waals surface area contributed by atoms with Gasteiger partial charge in [-0.15, -0.1) is 0 Å². The van der Waals surface area contributed by atoms with Crippen molar-refractivity contribution in [3.05, 3.63) is 76.4 Å². The third kappa shape index (κ3) is 4.38. The fourth-order valence-electron chi connectivity index (χ4n) is 2.65. The normalized spacial score (nSPS) is 10.6. The Kier molecular flexibility index (Phi) is 5.61. The second kappa shape index (κ2) is 8.27. The molecule has 2 aromatic heterocycles. The number of esters is 1. The quantitative estimate of drug-likeness (QED) is 0.492. The number of carbonyl (C=O) groups is 2. The summed E-state index contributed by atoms with van der Waals surface area (Å²) in [5.41, 5.74) is 0.239. The van der Waals surface area contributed by atoms with Gasteiger partial charge in [-0.3, -0.25) is 14.6 Å². The third-order valence-electron chi connectivity index (χ3n) is 4.05. The van der Waals surface area contributed by atoms with Crippen molar-refractivity contribution in [1.29, 1.82) is 0 Å². The molecule has 0 aliphatic carbocycles. The van der Waals surface area contributed by atoms with Gasteiger partial charge in [0, 0.05) is 18.1 Å². The molecule has 0 spiro atoms. The van der Waals surface area contributed by atoms with Crippen LogP contribution in [-0.4, -0.2) is 35.4 Å². The van der Waals surface area contributed by atoms with E-state index < -0.39 is 17.5 Å². The minimum absolute atomic E-state index is 0.00792. The van der Waals surface area contributed by atoms with Crippen LogP contribution >= 0.6 is 0 Å². The molecular formula is C20H18N2O5. The lowest BCUT2D eigenvalue weighted by Gasteiger charge is -2.21. The van der Waals surface area contributed by atoms with Gasteiger partial charge in [0.2, 0.25) is 0 Å². The Morgan fingerprint density at radius 3 is 2.67 bits per heavy atom. The Hall–Kier alpha value is -3.48. The fourth-order valence-corrected chi connectivity index (χ4v) is 2.65. The highest BCUT2D eigenvalue weighted by atomic mass is 16.5. The summed E-state index contributed by atoms with van der Waals surface area (Å²) in [5.74, 6) is -0.969. The van der Waals surface area contributed by atoms with Crippen LogP contribution in [0.15, 0.2) is 63.9 Å². The van der Waals surface area contributed by atoms with Gasteiger partial charge in [-0.05, 0) is 24.3 Å². The molecular weight excluding hydrogens is 348 g/mol. The highest BCUT2D eigenvalue weighted by Crippen LogP contribution is 2.15. The third-order valence-corrected chi connectivity index (χ3v) is 4.05. The van der Waals surface area contributed by atoms with Gasteiger partial charge in [0.1, 0.15) is 11.1 Å². The van der Waals surface area contributed by atoms with E-state index in [1.165, 1.54) is 18.1 Å². The zero-order chi connectivity index (χ0) is 19.2. The summed E-state index contributed by atoms with van der Waals surface area (Å²) in [6.07, 6.45) is 1.62. The molecule has 0 aliphatic rings. The predicted molar refractivity (Wildman–Crippen MR) is 98.1 cm³/mol. The van der Waals surface area contributed by atoms with E-state index in [0.29, 0.717) is 16.7 Å². The molecule has 2 heterocycles. The molecule has 27 heavy (non-hydrogen) atoms. The summed E-state index contributed by atoms with van der Waals surface area (Å²) in [4.78, 5) is 42.4. The molecule has 1 aromatic carbocycles. The molecule has 7 nitrogen and oxygen atoms in total. The Labute approximate surface area is 155 Å². The van der Waals surface area contributed by atoms with Crippen molar-refractivity contribution in [1.82, 2.24) is 9.88 Å². The van der Waals surface area contributed by atoms with Crippen LogP contribution < -0.4 is 5.63 Å². The summed E-state index contributed by atoms with van der Waals surface area (Å²) in [7, 11) is 1.28. The maximum absolute atomic E-state index is 13.0. The van der Waals surface area contributed by atoms with Gasteiger partial charge in [0.05, 0.1) is 25.8 Å². The number of carbonyl (C=O) groups excluding carboxylic acids is 2. The standard InChI is InChI=1S/C20H18N2O5/c1-26-18(23)9-11-22(13-15-7-4-5-10-21-15)19(24)16-12-14-6-2-3-8-17(14)27-20(16)25/h2-8,10,12H,9,11,13H2,1H3. The lowest BCUT2D eigenvalue weighted by Crippen LogP contribution is -2.35. The molecule has 3 rings (SSSR count). The van der Waals surface area contributed by atoms with E-state index in [1.807, 2.05) is 0 Å². The Balaban J connectivity index is 1.92. The Morgan fingerprint density at radius 2 is 1.93 bits per heavy atom. The first-order chi connectivity index (χ1) is 13.1. The Morgan fingerprint density at radius 1 is 1.15 bits per heavy atom. The molecule has 0 saturated carbocycles. The van der Waals surface area contributed by atoms with Crippen molar-refractivity contribution >= 4 is 22.8 Å². The van der Waals surface area contributed by atoms with E-state index in [4.69, 9.17) is 4.42 Å². The first-order valence-electron chi connectivity index (χ1n) is 8.37.